The van der Waals surface area contributed by atoms with Gasteiger partial charge in [0, 0.05) is 24.3 Å². The van der Waals surface area contributed by atoms with Crippen molar-refractivity contribution < 1.29 is 27.3 Å². The van der Waals surface area contributed by atoms with Gasteiger partial charge in [-0.3, -0.25) is 10.0 Å². The van der Waals surface area contributed by atoms with Gasteiger partial charge in [0.25, 0.3) is 5.91 Å². The number of amides is 1. The summed E-state index contributed by atoms with van der Waals surface area (Å²) in [5, 5.41) is 12.5. The van der Waals surface area contributed by atoms with Crippen molar-refractivity contribution in [3.63, 3.8) is 0 Å². The van der Waals surface area contributed by atoms with Crippen molar-refractivity contribution in [2.45, 2.75) is 37.4 Å². The van der Waals surface area contributed by atoms with Crippen LogP contribution in [0.2, 0.25) is 0 Å². The molecule has 1 aliphatic carbocycles. The first-order chi connectivity index (χ1) is 10.7. The maximum Gasteiger partial charge on any atom is 0.264 e. The lowest BCUT2D eigenvalue weighted by Gasteiger charge is -2.24. The van der Waals surface area contributed by atoms with Crippen LogP contribution in [0.3, 0.4) is 0 Å². The second kappa shape index (κ2) is 6.40. The predicted molar refractivity (Wildman–Crippen MR) is 79.8 cm³/mol. The summed E-state index contributed by atoms with van der Waals surface area (Å²) in [6, 6.07) is 1.50. The molecule has 9 heteroatoms. The van der Waals surface area contributed by atoms with Crippen molar-refractivity contribution in [3.05, 3.63) is 23.3 Å². The molecule has 1 heterocycles. The molecule has 2 N–H and O–H groups in total. The number of nitrogens with one attached hydrogen (secondary N) is 1. The largest absolute Gasteiger partial charge is 0.357 e. The zero-order valence-electron chi connectivity index (χ0n) is 12.9. The predicted octanol–water partition coefficient (Wildman–Crippen LogP) is 1.64. The highest BCUT2D eigenvalue weighted by Crippen LogP contribution is 2.38. The number of aryl methyl sites for hydroxylation is 1. The Kier molecular flexibility index (Phi) is 4.90. The van der Waals surface area contributed by atoms with Crippen molar-refractivity contribution in [2.75, 3.05) is 6.26 Å². The topological polar surface area (TPSA) is 110 Å². The van der Waals surface area contributed by atoms with E-state index >= 15 is 0 Å². The Morgan fingerprint density at radius 3 is 2.78 bits per heavy atom. The summed E-state index contributed by atoms with van der Waals surface area (Å²) in [6.07, 6.45) is 3.87. The number of hydroxylamine groups is 1. The van der Waals surface area contributed by atoms with Crippen LogP contribution in [-0.2, 0) is 21.1 Å². The number of nitrogens with zero attached hydrogens (tertiary/aromatic N) is 1. The lowest BCUT2D eigenvalue weighted by atomic mass is 10.0. The van der Waals surface area contributed by atoms with Gasteiger partial charge in [0.05, 0.1) is 5.69 Å². The van der Waals surface area contributed by atoms with Crippen LogP contribution in [-0.4, -0.2) is 35.7 Å². The number of halogens is 1. The Morgan fingerprint density at radius 1 is 1.61 bits per heavy atom. The van der Waals surface area contributed by atoms with Crippen molar-refractivity contribution >= 4 is 21.8 Å². The number of hydrogen-bond acceptors (Lipinski definition) is 6. The maximum absolute atomic E-state index is 13.6. The second-order valence-electron chi connectivity index (χ2n) is 5.97. The lowest BCUT2D eigenvalue weighted by Crippen LogP contribution is -2.49. The zero-order valence-corrected chi connectivity index (χ0v) is 13.7. The lowest BCUT2D eigenvalue weighted by molar-refractivity contribution is -0.131. The van der Waals surface area contributed by atoms with E-state index in [-0.39, 0.29) is 30.3 Å². The molecule has 0 aromatic carbocycles. The van der Waals surface area contributed by atoms with Crippen molar-refractivity contribution in [3.8, 4) is 0 Å². The first-order valence-corrected chi connectivity index (χ1v) is 9.03. The first-order valence-electron chi connectivity index (χ1n) is 7.14. The number of aromatic nitrogens is 1. The Labute approximate surface area is 133 Å². The number of carbonyl (C=O) groups is 1. The van der Waals surface area contributed by atoms with Gasteiger partial charge >= 0.3 is 0 Å². The third-order valence-electron chi connectivity index (χ3n) is 4.08. The molecule has 23 heavy (non-hydrogen) atoms. The highest BCUT2D eigenvalue weighted by molar-refractivity contribution is 7.92. The molecule has 1 aromatic heterocycles. The van der Waals surface area contributed by atoms with Crippen LogP contribution >= 0.6 is 0 Å². The van der Waals surface area contributed by atoms with Gasteiger partial charge in [-0.1, -0.05) is 5.16 Å². The molecule has 7 nitrogen and oxygen atoms in total. The van der Waals surface area contributed by atoms with Crippen LogP contribution in [0.25, 0.3) is 6.08 Å². The number of allylic oxidation sites excluding steroid dienone is 1. The molecule has 1 atom stereocenters. The van der Waals surface area contributed by atoms with Gasteiger partial charge in [0.15, 0.2) is 15.6 Å². The molecule has 0 aliphatic heterocycles. The Morgan fingerprint density at radius 2 is 2.26 bits per heavy atom. The molecular formula is C14H19FN2O5S. The van der Waals surface area contributed by atoms with E-state index in [1.807, 2.05) is 0 Å². The van der Waals surface area contributed by atoms with E-state index in [2.05, 4.69) is 5.16 Å². The van der Waals surface area contributed by atoms with Crippen LogP contribution in [0, 0.1) is 5.92 Å². The second-order valence-corrected chi connectivity index (χ2v) is 8.41. The normalized spacial score (nSPS) is 18.5. The minimum atomic E-state index is -3.76. The minimum absolute atomic E-state index is 0.0367. The van der Waals surface area contributed by atoms with E-state index in [0.29, 0.717) is 5.69 Å². The third-order valence-corrected chi connectivity index (χ3v) is 6.11. The number of carbonyl (C=O) groups excluding carboxylic acids is 1. The van der Waals surface area contributed by atoms with E-state index in [4.69, 9.17) is 9.73 Å². The molecular weight excluding hydrogens is 327 g/mol. The first kappa shape index (κ1) is 17.6. The fraction of sp³-hybridized carbons (Fsp3) is 0.571. The van der Waals surface area contributed by atoms with E-state index in [9.17, 15) is 17.6 Å². The molecule has 0 bridgehead atoms. The third kappa shape index (κ3) is 3.97. The fourth-order valence-corrected chi connectivity index (χ4v) is 2.93. The molecule has 0 saturated heterocycles. The van der Waals surface area contributed by atoms with Crippen LogP contribution in [0.15, 0.2) is 16.4 Å². The molecule has 1 aromatic rings. The van der Waals surface area contributed by atoms with Gasteiger partial charge in [-0.25, -0.2) is 18.3 Å². The summed E-state index contributed by atoms with van der Waals surface area (Å²) < 4.78 is 40.4. The van der Waals surface area contributed by atoms with Gasteiger partial charge in [-0.05, 0) is 32.6 Å². The van der Waals surface area contributed by atoms with E-state index < -0.39 is 20.5 Å². The highest BCUT2D eigenvalue weighted by Gasteiger charge is 2.43. The zero-order chi connectivity index (χ0) is 17.3. The smallest absolute Gasteiger partial charge is 0.264 e. The summed E-state index contributed by atoms with van der Waals surface area (Å²) in [5.74, 6) is -1.06. The van der Waals surface area contributed by atoms with Gasteiger partial charge < -0.3 is 4.52 Å². The molecule has 0 spiro atoms. The minimum Gasteiger partial charge on any atom is -0.357 e. The van der Waals surface area contributed by atoms with Gasteiger partial charge in [-0.15, -0.1) is 0 Å². The molecule has 2 rings (SSSR count). The quantitative estimate of drug-likeness (QED) is 0.574. The van der Waals surface area contributed by atoms with E-state index in [1.165, 1.54) is 24.5 Å². The van der Waals surface area contributed by atoms with Gasteiger partial charge in [0.1, 0.15) is 10.6 Å². The van der Waals surface area contributed by atoms with Crippen molar-refractivity contribution in [1.29, 1.82) is 0 Å². The SMILES string of the molecule is CC(CCc1cc(/C=C(\F)C2CC2)on1)(C(=O)NO)S(C)(=O)=O. The maximum atomic E-state index is 13.6. The Hall–Kier alpha value is -1.74. The van der Waals surface area contributed by atoms with Crippen LogP contribution in [0.1, 0.15) is 37.6 Å². The molecule has 1 saturated carbocycles. The highest BCUT2D eigenvalue weighted by atomic mass is 32.2. The van der Waals surface area contributed by atoms with Crippen molar-refractivity contribution in [2.24, 2.45) is 5.92 Å². The van der Waals surface area contributed by atoms with E-state index in [0.717, 1.165) is 19.1 Å². The number of hydrogen-bond donors (Lipinski definition) is 2. The molecule has 1 unspecified atom stereocenters. The summed E-state index contributed by atoms with van der Waals surface area (Å²) in [7, 11) is -3.76. The average Bonchev–Trinajstić information content (AvgIpc) is 3.24. The molecule has 128 valence electrons. The summed E-state index contributed by atoms with van der Waals surface area (Å²) in [6.45, 7) is 1.22. The van der Waals surface area contributed by atoms with Gasteiger partial charge in [-0.2, -0.15) is 0 Å². The molecule has 1 amide bonds. The van der Waals surface area contributed by atoms with E-state index in [1.54, 1.807) is 0 Å². The monoisotopic (exact) mass is 346 g/mol. The Bertz CT molecular complexity index is 723. The Balaban J connectivity index is 2.08. The fourth-order valence-electron chi connectivity index (χ4n) is 2.08. The van der Waals surface area contributed by atoms with Gasteiger partial charge in [0.2, 0.25) is 0 Å². The molecule has 1 aliphatic rings. The number of sulfone groups is 1. The summed E-state index contributed by atoms with van der Waals surface area (Å²) in [5.41, 5.74) is 1.78. The van der Waals surface area contributed by atoms with Crippen LogP contribution in [0.4, 0.5) is 4.39 Å². The summed E-state index contributed by atoms with van der Waals surface area (Å²) >= 11 is 0. The molecule has 0 radical (unpaired) electrons. The standard InChI is InChI=1S/C14H19FN2O5S/c1-14(13(18)16-19,23(2,20)21)6-5-10-7-11(22-17-10)8-12(15)9-3-4-9/h7-9,19H,3-6H2,1-2H3,(H,16,18)/b12-8-. The summed E-state index contributed by atoms with van der Waals surface area (Å²) in [4.78, 5) is 11.7. The molecule has 1 fully saturated rings. The van der Waals surface area contributed by atoms with Crippen LogP contribution < -0.4 is 5.48 Å². The average molecular weight is 346 g/mol. The van der Waals surface area contributed by atoms with Crippen LogP contribution in [0.5, 0.6) is 0 Å². The van der Waals surface area contributed by atoms with Crippen molar-refractivity contribution in [1.82, 2.24) is 10.6 Å². The number of rotatable bonds is 7.